The number of aryl methyl sites for hydroxylation is 2. The molecular weight excluding hydrogens is 292 g/mol. The molecule has 0 aromatic carbocycles. The molecule has 3 heterocycles. The molecule has 2 saturated heterocycles. The topological polar surface area (TPSA) is 54.6 Å². The largest absolute Gasteiger partial charge is 0.373 e. The van der Waals surface area contributed by atoms with Crippen LogP contribution in [0.3, 0.4) is 0 Å². The summed E-state index contributed by atoms with van der Waals surface area (Å²) in [6.45, 7) is 6.22. The average Bonchev–Trinajstić information content (AvgIpc) is 3.21. The maximum atomic E-state index is 13.0. The van der Waals surface area contributed by atoms with Gasteiger partial charge in [-0.15, -0.1) is 0 Å². The van der Waals surface area contributed by atoms with Crippen LogP contribution < -0.4 is 0 Å². The summed E-state index contributed by atoms with van der Waals surface area (Å²) in [6.07, 6.45) is 4.68. The molecule has 3 aliphatic rings. The Morgan fingerprint density at radius 2 is 2.22 bits per heavy atom. The fraction of sp³-hybridized carbons (Fsp3) is 0.722. The lowest BCUT2D eigenvalue weighted by molar-refractivity contribution is -0.0781. The van der Waals surface area contributed by atoms with Crippen LogP contribution in [0.5, 0.6) is 0 Å². The van der Waals surface area contributed by atoms with Crippen LogP contribution in [0.25, 0.3) is 0 Å². The predicted octanol–water partition coefficient (Wildman–Crippen LogP) is 2.43. The number of hydrogen-bond donors (Lipinski definition) is 1. The van der Waals surface area contributed by atoms with Gasteiger partial charge >= 0.3 is 0 Å². The van der Waals surface area contributed by atoms with Crippen molar-refractivity contribution in [2.75, 3.05) is 19.8 Å². The molecule has 3 fully saturated rings. The quantitative estimate of drug-likeness (QED) is 0.927. The third kappa shape index (κ3) is 2.92. The fourth-order valence-electron chi connectivity index (χ4n) is 3.93. The van der Waals surface area contributed by atoms with E-state index in [4.69, 9.17) is 9.47 Å². The minimum atomic E-state index is 0.0326. The SMILES string of the molecule is Cc1cc(C(=O)N2C[C@H](OCC3CC3)[C@H]3OCCC[C@H]32)c(C)[nH]1. The van der Waals surface area contributed by atoms with Crippen molar-refractivity contribution in [3.63, 3.8) is 0 Å². The first kappa shape index (κ1) is 15.2. The Morgan fingerprint density at radius 3 is 2.91 bits per heavy atom. The summed E-state index contributed by atoms with van der Waals surface area (Å²) in [5, 5.41) is 0. The number of rotatable bonds is 4. The predicted molar refractivity (Wildman–Crippen MR) is 86.5 cm³/mol. The number of fused-ring (bicyclic) bond motifs is 1. The number of carbonyl (C=O) groups is 1. The Hall–Kier alpha value is -1.33. The third-order valence-electron chi connectivity index (χ3n) is 5.36. The van der Waals surface area contributed by atoms with Crippen molar-refractivity contribution in [3.05, 3.63) is 23.0 Å². The molecule has 5 heteroatoms. The molecule has 23 heavy (non-hydrogen) atoms. The highest BCUT2D eigenvalue weighted by Gasteiger charge is 2.47. The summed E-state index contributed by atoms with van der Waals surface area (Å²) in [6, 6.07) is 2.12. The summed E-state index contributed by atoms with van der Waals surface area (Å²) < 4.78 is 12.1. The summed E-state index contributed by atoms with van der Waals surface area (Å²) in [7, 11) is 0. The van der Waals surface area contributed by atoms with Crippen LogP contribution in [0.1, 0.15) is 47.4 Å². The molecule has 3 atom stereocenters. The van der Waals surface area contributed by atoms with E-state index in [0.717, 1.165) is 48.9 Å². The molecule has 4 rings (SSSR count). The second-order valence-electron chi connectivity index (χ2n) is 7.31. The van der Waals surface area contributed by atoms with E-state index < -0.39 is 0 Å². The lowest BCUT2D eigenvalue weighted by atomic mass is 10.0. The van der Waals surface area contributed by atoms with Gasteiger partial charge in [0, 0.05) is 24.6 Å². The Morgan fingerprint density at radius 1 is 1.39 bits per heavy atom. The number of H-pyrrole nitrogens is 1. The first-order chi connectivity index (χ1) is 11.1. The Bertz CT molecular complexity index is 593. The van der Waals surface area contributed by atoms with Crippen molar-refractivity contribution in [1.29, 1.82) is 0 Å². The van der Waals surface area contributed by atoms with Crippen molar-refractivity contribution >= 4 is 5.91 Å². The molecule has 1 N–H and O–H groups in total. The van der Waals surface area contributed by atoms with Crippen LogP contribution >= 0.6 is 0 Å². The highest BCUT2D eigenvalue weighted by atomic mass is 16.5. The van der Waals surface area contributed by atoms with Crippen molar-refractivity contribution in [1.82, 2.24) is 9.88 Å². The molecule has 5 nitrogen and oxygen atoms in total. The Kier molecular flexibility index (Phi) is 3.93. The van der Waals surface area contributed by atoms with Crippen molar-refractivity contribution < 1.29 is 14.3 Å². The van der Waals surface area contributed by atoms with Crippen LogP contribution in [0.15, 0.2) is 6.07 Å². The molecule has 1 amide bonds. The third-order valence-corrected chi connectivity index (χ3v) is 5.36. The van der Waals surface area contributed by atoms with Gasteiger partial charge in [0.2, 0.25) is 0 Å². The fourth-order valence-corrected chi connectivity index (χ4v) is 3.93. The van der Waals surface area contributed by atoms with E-state index >= 15 is 0 Å². The second kappa shape index (κ2) is 5.95. The maximum Gasteiger partial charge on any atom is 0.256 e. The normalized spacial score (nSPS) is 30.5. The molecule has 126 valence electrons. The molecule has 0 spiro atoms. The number of likely N-dealkylation sites (tertiary alicyclic amines) is 1. The number of carbonyl (C=O) groups excluding carboxylic acids is 1. The van der Waals surface area contributed by atoms with E-state index in [2.05, 4.69) is 4.98 Å². The first-order valence-corrected chi connectivity index (χ1v) is 8.84. The van der Waals surface area contributed by atoms with Gasteiger partial charge in [-0.05, 0) is 51.5 Å². The van der Waals surface area contributed by atoms with Gasteiger partial charge in [-0.3, -0.25) is 4.79 Å². The minimum absolute atomic E-state index is 0.0326. The van der Waals surface area contributed by atoms with Gasteiger partial charge in [0.15, 0.2) is 0 Å². The van der Waals surface area contributed by atoms with Gasteiger partial charge in [-0.1, -0.05) is 0 Å². The van der Waals surface area contributed by atoms with Crippen molar-refractivity contribution in [2.45, 2.75) is 57.8 Å². The highest BCUT2D eigenvalue weighted by molar-refractivity contribution is 5.96. The van der Waals surface area contributed by atoms with Crippen LogP contribution in [0.2, 0.25) is 0 Å². The van der Waals surface area contributed by atoms with E-state index in [1.807, 2.05) is 24.8 Å². The van der Waals surface area contributed by atoms with Crippen LogP contribution in [0.4, 0.5) is 0 Å². The molecule has 1 aromatic heterocycles. The van der Waals surface area contributed by atoms with E-state index in [9.17, 15) is 4.79 Å². The van der Waals surface area contributed by atoms with E-state index in [1.54, 1.807) is 0 Å². The molecule has 0 bridgehead atoms. The monoisotopic (exact) mass is 318 g/mol. The van der Waals surface area contributed by atoms with Crippen molar-refractivity contribution in [3.8, 4) is 0 Å². The highest BCUT2D eigenvalue weighted by Crippen LogP contribution is 2.35. The van der Waals surface area contributed by atoms with E-state index in [1.165, 1.54) is 12.8 Å². The summed E-state index contributed by atoms with van der Waals surface area (Å²) in [4.78, 5) is 18.3. The number of ether oxygens (including phenoxy) is 2. The average molecular weight is 318 g/mol. The van der Waals surface area contributed by atoms with E-state index in [-0.39, 0.29) is 24.2 Å². The maximum absolute atomic E-state index is 13.0. The number of nitrogens with one attached hydrogen (secondary N) is 1. The van der Waals surface area contributed by atoms with Gasteiger partial charge in [-0.25, -0.2) is 0 Å². The molecule has 2 aliphatic heterocycles. The van der Waals surface area contributed by atoms with Crippen molar-refractivity contribution in [2.24, 2.45) is 5.92 Å². The van der Waals surface area contributed by atoms with Crippen LogP contribution in [-0.4, -0.2) is 53.8 Å². The van der Waals surface area contributed by atoms with Gasteiger partial charge in [0.25, 0.3) is 5.91 Å². The number of amides is 1. The van der Waals surface area contributed by atoms with Crippen LogP contribution in [0, 0.1) is 19.8 Å². The van der Waals surface area contributed by atoms with Gasteiger partial charge in [0.05, 0.1) is 18.2 Å². The summed E-state index contributed by atoms with van der Waals surface area (Å²) >= 11 is 0. The van der Waals surface area contributed by atoms with Gasteiger partial charge in [0.1, 0.15) is 12.2 Å². The smallest absolute Gasteiger partial charge is 0.256 e. The molecule has 1 aliphatic carbocycles. The zero-order valence-electron chi connectivity index (χ0n) is 14.0. The van der Waals surface area contributed by atoms with Gasteiger partial charge < -0.3 is 19.4 Å². The minimum Gasteiger partial charge on any atom is -0.373 e. The number of nitrogens with zero attached hydrogens (tertiary/aromatic N) is 1. The zero-order chi connectivity index (χ0) is 16.0. The lowest BCUT2D eigenvalue weighted by Crippen LogP contribution is -2.44. The molecular formula is C18H26N2O3. The lowest BCUT2D eigenvalue weighted by Gasteiger charge is -2.32. The zero-order valence-corrected chi connectivity index (χ0v) is 14.0. The summed E-state index contributed by atoms with van der Waals surface area (Å²) in [5.74, 6) is 0.848. The molecule has 0 unspecified atom stereocenters. The standard InChI is InChI=1S/C18H26N2O3/c1-11-8-14(12(2)19-11)18(21)20-9-16(23-10-13-5-6-13)17-15(20)4-3-7-22-17/h8,13,15-17,19H,3-7,9-10H2,1-2H3/t15-,16+,17+/m1/s1. The second-order valence-corrected chi connectivity index (χ2v) is 7.31. The molecule has 1 saturated carbocycles. The van der Waals surface area contributed by atoms with Crippen LogP contribution in [-0.2, 0) is 9.47 Å². The Labute approximate surface area is 137 Å². The van der Waals surface area contributed by atoms with Gasteiger partial charge in [-0.2, -0.15) is 0 Å². The number of aromatic nitrogens is 1. The first-order valence-electron chi connectivity index (χ1n) is 8.84. The van der Waals surface area contributed by atoms with E-state index in [0.29, 0.717) is 6.54 Å². The Balaban J connectivity index is 1.52. The number of aromatic amines is 1. The molecule has 1 aromatic rings. The summed E-state index contributed by atoms with van der Waals surface area (Å²) in [5.41, 5.74) is 2.76. The number of hydrogen-bond acceptors (Lipinski definition) is 3. The molecule has 0 radical (unpaired) electrons.